The molecule has 7 aliphatic rings. The van der Waals surface area contributed by atoms with Crippen LogP contribution < -0.4 is 4.90 Å². The summed E-state index contributed by atoms with van der Waals surface area (Å²) in [7, 11) is 0. The van der Waals surface area contributed by atoms with E-state index in [0.717, 1.165) is 24.2 Å². The van der Waals surface area contributed by atoms with E-state index in [1.807, 2.05) is 0 Å². The van der Waals surface area contributed by atoms with Gasteiger partial charge in [0.2, 0.25) is 0 Å². The average molecular weight is 846 g/mol. The highest BCUT2D eigenvalue weighted by atomic mass is 15.1. The number of hydrogen-bond donors (Lipinski definition) is 0. The van der Waals surface area contributed by atoms with Crippen LogP contribution in [-0.2, 0) is 16.2 Å². The molecule has 0 aliphatic heterocycles. The summed E-state index contributed by atoms with van der Waals surface area (Å²) in [5, 5.41) is 0. The normalized spacial score (nSPS) is 25.9. The Balaban J connectivity index is 0.955. The topological polar surface area (TPSA) is 3.24 Å². The maximum absolute atomic E-state index is 2.58. The first-order chi connectivity index (χ1) is 32.5. The van der Waals surface area contributed by atoms with E-state index in [1.54, 1.807) is 0 Å². The van der Waals surface area contributed by atoms with Gasteiger partial charge in [0.05, 0.1) is 10.8 Å². The van der Waals surface area contributed by atoms with Crippen LogP contribution in [0.25, 0.3) is 16.7 Å². The number of allylic oxidation sites excluding steroid dienone is 12. The summed E-state index contributed by atoms with van der Waals surface area (Å²) in [6.07, 6.45) is 23.6. The molecule has 0 heterocycles. The predicted molar refractivity (Wildman–Crippen MR) is 273 cm³/mol. The Hall–Kier alpha value is -7.22. The molecule has 0 fully saturated rings. The second kappa shape index (κ2) is 13.9. The van der Waals surface area contributed by atoms with Crippen molar-refractivity contribution in [3.8, 4) is 0 Å². The summed E-state index contributed by atoms with van der Waals surface area (Å²) < 4.78 is 0. The van der Waals surface area contributed by atoms with Crippen molar-refractivity contribution < 1.29 is 0 Å². The number of anilines is 3. The van der Waals surface area contributed by atoms with Crippen LogP contribution in [0.5, 0.6) is 0 Å². The summed E-state index contributed by atoms with van der Waals surface area (Å²) >= 11 is 0. The maximum Gasteiger partial charge on any atom is 0.0535 e. The maximum atomic E-state index is 2.58. The third kappa shape index (κ3) is 4.85. The van der Waals surface area contributed by atoms with Gasteiger partial charge in [-0.3, -0.25) is 0 Å². The number of benzene rings is 7. The molecular formula is C65H51N. The van der Waals surface area contributed by atoms with Gasteiger partial charge in [-0.25, -0.2) is 0 Å². The molecular weight excluding hydrogens is 795 g/mol. The molecule has 6 unspecified atom stereocenters. The zero-order valence-corrected chi connectivity index (χ0v) is 37.5. The van der Waals surface area contributed by atoms with Crippen molar-refractivity contribution in [1.29, 1.82) is 0 Å². The van der Waals surface area contributed by atoms with Gasteiger partial charge in [-0.15, -0.1) is 0 Å². The lowest BCUT2D eigenvalue weighted by molar-refractivity contribution is 0.396. The molecule has 66 heavy (non-hydrogen) atoms. The molecule has 0 amide bonds. The molecule has 0 saturated carbocycles. The van der Waals surface area contributed by atoms with E-state index >= 15 is 0 Å². The van der Waals surface area contributed by atoms with Crippen LogP contribution >= 0.6 is 0 Å². The molecule has 7 aromatic carbocycles. The Morgan fingerprint density at radius 2 is 1.14 bits per heavy atom. The number of fused-ring (bicyclic) bond motifs is 15. The van der Waals surface area contributed by atoms with Gasteiger partial charge in [0.1, 0.15) is 0 Å². The van der Waals surface area contributed by atoms with Crippen molar-refractivity contribution in [3.05, 3.63) is 286 Å². The number of hydrogen-bond acceptors (Lipinski definition) is 1. The van der Waals surface area contributed by atoms with E-state index in [1.165, 1.54) is 83.6 Å². The molecule has 1 heteroatoms. The van der Waals surface area contributed by atoms with Crippen molar-refractivity contribution in [3.63, 3.8) is 0 Å². The van der Waals surface area contributed by atoms with E-state index in [-0.39, 0.29) is 22.7 Å². The molecule has 0 N–H and O–H groups in total. The molecule has 7 aliphatic carbocycles. The highest BCUT2D eigenvalue weighted by Crippen LogP contribution is 2.71. The minimum Gasteiger partial charge on any atom is -0.310 e. The van der Waals surface area contributed by atoms with Crippen LogP contribution in [0.4, 0.5) is 17.1 Å². The van der Waals surface area contributed by atoms with Crippen LogP contribution in [0.1, 0.15) is 93.8 Å². The number of rotatable bonds is 5. The first-order valence-electron chi connectivity index (χ1n) is 24.1. The standard InChI is InChI=1S/C65H51N/c1-63(2)54-26-12-9-22-48(54)51-38-34-43(40-60(51)63)42-32-35-46(36-33-42)66(45-20-7-4-8-21-45)47-37-39-52-49-23-10-14-28-56(49)65(61(52)41-47)58-30-16-15-29-57(58)64(44-18-5-3-6-19-44)55-27-13-11-24-50(55)53-25-17-31-59(65)62(53)64/h3-26,28-39,41,49,55-56,60H,27,40H2,1-2H3. The van der Waals surface area contributed by atoms with Crippen LogP contribution in [0.3, 0.4) is 0 Å². The predicted octanol–water partition coefficient (Wildman–Crippen LogP) is 15.7. The second-order valence-corrected chi connectivity index (χ2v) is 20.2. The molecule has 316 valence electrons. The van der Waals surface area contributed by atoms with Crippen LogP contribution in [0, 0.1) is 17.8 Å². The van der Waals surface area contributed by atoms with Gasteiger partial charge in [0.15, 0.2) is 0 Å². The smallest absolute Gasteiger partial charge is 0.0535 e. The van der Waals surface area contributed by atoms with Crippen LogP contribution in [0.15, 0.2) is 225 Å². The Kier molecular flexibility index (Phi) is 8.02. The fraction of sp³-hybridized carbons (Fsp3) is 0.169. The zero-order valence-electron chi connectivity index (χ0n) is 37.5. The Morgan fingerprint density at radius 1 is 0.485 bits per heavy atom. The minimum atomic E-state index is -0.418. The van der Waals surface area contributed by atoms with E-state index < -0.39 is 5.41 Å². The van der Waals surface area contributed by atoms with E-state index in [2.05, 4.69) is 243 Å². The van der Waals surface area contributed by atoms with Crippen molar-refractivity contribution in [2.45, 2.75) is 48.9 Å². The first kappa shape index (κ1) is 38.1. The minimum absolute atomic E-state index is 0.0917. The van der Waals surface area contributed by atoms with Crippen molar-refractivity contribution >= 4 is 33.8 Å². The summed E-state index contributed by atoms with van der Waals surface area (Å²) in [5.74, 6) is 1.24. The highest BCUT2D eigenvalue weighted by molar-refractivity contribution is 5.90. The van der Waals surface area contributed by atoms with Gasteiger partial charge in [0, 0.05) is 34.8 Å². The summed E-state index contributed by atoms with van der Waals surface area (Å²) in [5.41, 5.74) is 23.0. The number of para-hydroxylation sites is 1. The third-order valence-corrected chi connectivity index (χ3v) is 17.2. The lowest BCUT2D eigenvalue weighted by Gasteiger charge is -2.52. The van der Waals surface area contributed by atoms with E-state index in [4.69, 9.17) is 0 Å². The molecule has 0 aromatic heterocycles. The van der Waals surface area contributed by atoms with Gasteiger partial charge in [-0.2, -0.15) is 0 Å². The van der Waals surface area contributed by atoms with Crippen LogP contribution in [-0.4, -0.2) is 0 Å². The van der Waals surface area contributed by atoms with Gasteiger partial charge in [0.25, 0.3) is 0 Å². The average Bonchev–Trinajstić information content (AvgIpc) is 3.94. The fourth-order valence-corrected chi connectivity index (χ4v) is 14.5. The largest absolute Gasteiger partial charge is 0.310 e. The Morgan fingerprint density at radius 3 is 1.95 bits per heavy atom. The zero-order chi connectivity index (χ0) is 43.8. The summed E-state index contributed by atoms with van der Waals surface area (Å²) in [6, 6.07) is 65.3. The van der Waals surface area contributed by atoms with Gasteiger partial charge < -0.3 is 4.90 Å². The van der Waals surface area contributed by atoms with Gasteiger partial charge in [-0.1, -0.05) is 202 Å². The Labute approximate surface area is 389 Å². The summed E-state index contributed by atoms with van der Waals surface area (Å²) in [4.78, 5) is 2.48. The first-order valence-corrected chi connectivity index (χ1v) is 24.1. The molecule has 1 spiro atoms. The molecule has 0 saturated heterocycles. The molecule has 7 aromatic rings. The monoisotopic (exact) mass is 845 g/mol. The molecule has 1 nitrogen and oxygen atoms in total. The van der Waals surface area contributed by atoms with Gasteiger partial charge in [-0.05, 0) is 138 Å². The highest BCUT2D eigenvalue weighted by Gasteiger charge is 2.64. The van der Waals surface area contributed by atoms with Crippen molar-refractivity contribution in [2.75, 3.05) is 4.90 Å². The lowest BCUT2D eigenvalue weighted by atomic mass is 9.50. The molecule has 0 radical (unpaired) electrons. The quantitative estimate of drug-likeness (QED) is 0.167. The molecule has 0 bridgehead atoms. The van der Waals surface area contributed by atoms with Crippen LogP contribution in [0.2, 0.25) is 0 Å². The third-order valence-electron chi connectivity index (χ3n) is 17.2. The fourth-order valence-electron chi connectivity index (χ4n) is 14.5. The second-order valence-electron chi connectivity index (χ2n) is 20.2. The van der Waals surface area contributed by atoms with Crippen molar-refractivity contribution in [1.82, 2.24) is 0 Å². The summed E-state index contributed by atoms with van der Waals surface area (Å²) in [6.45, 7) is 4.86. The SMILES string of the molecule is CC1(C)c2ccccc2C2=CC=C(c3ccc(N(c4ccccc4)c4ccc5c(c4)C4(c6ccccc6C6(c7ccccc7)c7c(cccc74)C4=CC=CCC46)C4C=CC=CC54)cc3)CC21. The van der Waals surface area contributed by atoms with Crippen molar-refractivity contribution in [2.24, 2.45) is 17.8 Å². The van der Waals surface area contributed by atoms with E-state index in [9.17, 15) is 0 Å². The molecule has 14 rings (SSSR count). The van der Waals surface area contributed by atoms with E-state index in [0.29, 0.717) is 11.8 Å². The lowest BCUT2D eigenvalue weighted by Crippen LogP contribution is -2.47. The molecule has 6 atom stereocenters. The Bertz CT molecular complexity index is 3350. The number of nitrogens with zero attached hydrogens (tertiary/aromatic N) is 1. The van der Waals surface area contributed by atoms with Gasteiger partial charge >= 0.3 is 0 Å².